The van der Waals surface area contributed by atoms with Crippen molar-refractivity contribution in [2.75, 3.05) is 11.9 Å². The first-order valence-corrected chi connectivity index (χ1v) is 9.83. The van der Waals surface area contributed by atoms with Gasteiger partial charge in [0.1, 0.15) is 17.4 Å². The van der Waals surface area contributed by atoms with Gasteiger partial charge < -0.3 is 10.1 Å². The lowest BCUT2D eigenvalue weighted by molar-refractivity contribution is -0.112. The minimum Gasteiger partial charge on any atom is -0.493 e. The standard InChI is InChI=1S/C23H25ClN2O2/c1-3-4-5-6-12-28-22-11-10-20(24)15-18(22)14-19(16-25)23(27)26-21-9-7-8-17(2)13-21/h7-11,13-15H,3-6,12H2,1-2H3,(H,26,27)/b19-14+. The molecule has 28 heavy (non-hydrogen) atoms. The van der Waals surface area contributed by atoms with Crippen LogP contribution in [0.3, 0.4) is 0 Å². The first-order chi connectivity index (χ1) is 13.5. The molecule has 0 saturated heterocycles. The molecule has 5 heteroatoms. The number of amides is 1. The molecule has 2 aromatic rings. The maximum atomic E-state index is 12.5. The van der Waals surface area contributed by atoms with E-state index < -0.39 is 5.91 Å². The Morgan fingerprint density at radius 3 is 2.75 bits per heavy atom. The molecule has 0 heterocycles. The Morgan fingerprint density at radius 2 is 2.04 bits per heavy atom. The number of rotatable bonds is 9. The molecule has 0 saturated carbocycles. The van der Waals surface area contributed by atoms with Crippen LogP contribution in [0.2, 0.25) is 5.02 Å². The van der Waals surface area contributed by atoms with Crippen molar-refractivity contribution in [3.8, 4) is 11.8 Å². The van der Waals surface area contributed by atoms with Gasteiger partial charge in [0.25, 0.3) is 5.91 Å². The quantitative estimate of drug-likeness (QED) is 0.314. The fraction of sp³-hybridized carbons (Fsp3) is 0.304. The summed E-state index contributed by atoms with van der Waals surface area (Å²) < 4.78 is 5.85. The van der Waals surface area contributed by atoms with Gasteiger partial charge in [-0.15, -0.1) is 0 Å². The summed E-state index contributed by atoms with van der Waals surface area (Å²) in [5.74, 6) is 0.138. The SMILES string of the molecule is CCCCCCOc1ccc(Cl)cc1/C=C(\C#N)C(=O)Nc1cccc(C)c1. The fourth-order valence-corrected chi connectivity index (χ4v) is 2.88. The minimum absolute atomic E-state index is 0.0143. The van der Waals surface area contributed by atoms with E-state index in [0.29, 0.717) is 28.6 Å². The van der Waals surface area contributed by atoms with Crippen LogP contribution in [0.25, 0.3) is 6.08 Å². The van der Waals surface area contributed by atoms with Crippen molar-refractivity contribution in [3.05, 3.63) is 64.2 Å². The monoisotopic (exact) mass is 396 g/mol. The molecule has 2 aromatic carbocycles. The van der Waals surface area contributed by atoms with Crippen LogP contribution in [0.1, 0.15) is 43.7 Å². The summed E-state index contributed by atoms with van der Waals surface area (Å²) in [6.07, 6.45) is 5.92. The van der Waals surface area contributed by atoms with Gasteiger partial charge in [-0.25, -0.2) is 0 Å². The number of anilines is 1. The zero-order valence-corrected chi connectivity index (χ0v) is 17.1. The Kier molecular flexibility index (Phi) is 8.58. The van der Waals surface area contributed by atoms with Crippen molar-refractivity contribution in [1.29, 1.82) is 5.26 Å². The van der Waals surface area contributed by atoms with Gasteiger partial charge in [0.15, 0.2) is 0 Å². The van der Waals surface area contributed by atoms with E-state index in [-0.39, 0.29) is 5.57 Å². The first kappa shape index (κ1) is 21.5. The lowest BCUT2D eigenvalue weighted by Crippen LogP contribution is -2.13. The molecule has 0 unspecified atom stereocenters. The second kappa shape index (κ2) is 11.2. The molecule has 2 rings (SSSR count). The highest BCUT2D eigenvalue weighted by molar-refractivity contribution is 6.30. The normalized spacial score (nSPS) is 11.0. The Labute approximate surface area is 171 Å². The molecule has 0 aliphatic rings. The molecule has 0 aliphatic heterocycles. The Hall–Kier alpha value is -2.77. The topological polar surface area (TPSA) is 62.1 Å². The zero-order chi connectivity index (χ0) is 20.4. The van der Waals surface area contributed by atoms with Gasteiger partial charge in [0.2, 0.25) is 0 Å². The number of nitriles is 1. The van der Waals surface area contributed by atoms with Crippen LogP contribution < -0.4 is 10.1 Å². The van der Waals surface area contributed by atoms with Crippen molar-refractivity contribution in [3.63, 3.8) is 0 Å². The van der Waals surface area contributed by atoms with E-state index in [9.17, 15) is 10.1 Å². The average Bonchev–Trinajstić information content (AvgIpc) is 2.67. The van der Waals surface area contributed by atoms with Crippen molar-refractivity contribution in [2.45, 2.75) is 39.5 Å². The third kappa shape index (κ3) is 6.75. The number of carbonyl (C=O) groups excluding carboxylic acids is 1. The number of halogens is 1. The summed E-state index contributed by atoms with van der Waals surface area (Å²) in [6, 6.07) is 14.6. The van der Waals surface area contributed by atoms with E-state index >= 15 is 0 Å². The Bertz CT molecular complexity index is 884. The van der Waals surface area contributed by atoms with E-state index in [1.54, 1.807) is 24.3 Å². The Morgan fingerprint density at radius 1 is 1.21 bits per heavy atom. The highest BCUT2D eigenvalue weighted by Gasteiger charge is 2.12. The van der Waals surface area contributed by atoms with Crippen LogP contribution >= 0.6 is 11.6 Å². The van der Waals surface area contributed by atoms with Gasteiger partial charge in [-0.3, -0.25) is 4.79 Å². The molecule has 1 N–H and O–H groups in total. The molecule has 0 bridgehead atoms. The number of ether oxygens (including phenoxy) is 1. The maximum Gasteiger partial charge on any atom is 0.266 e. The van der Waals surface area contributed by atoms with Crippen LogP contribution in [-0.4, -0.2) is 12.5 Å². The smallest absolute Gasteiger partial charge is 0.266 e. The first-order valence-electron chi connectivity index (χ1n) is 9.45. The number of carbonyl (C=O) groups is 1. The van der Waals surface area contributed by atoms with Crippen LogP contribution in [-0.2, 0) is 4.79 Å². The number of benzene rings is 2. The summed E-state index contributed by atoms with van der Waals surface area (Å²) in [4.78, 5) is 12.5. The van der Waals surface area contributed by atoms with E-state index in [1.165, 1.54) is 12.5 Å². The zero-order valence-electron chi connectivity index (χ0n) is 16.3. The second-order valence-corrected chi connectivity index (χ2v) is 7.02. The lowest BCUT2D eigenvalue weighted by Gasteiger charge is -2.10. The molecule has 0 radical (unpaired) electrons. The molecule has 1 amide bonds. The molecular weight excluding hydrogens is 372 g/mol. The van der Waals surface area contributed by atoms with Crippen LogP contribution in [0.15, 0.2) is 48.0 Å². The molecule has 0 spiro atoms. The third-order valence-corrected chi connectivity index (χ3v) is 4.40. The van der Waals surface area contributed by atoms with Gasteiger partial charge in [-0.1, -0.05) is 49.9 Å². The summed E-state index contributed by atoms with van der Waals surface area (Å²) in [5.41, 5.74) is 2.26. The highest BCUT2D eigenvalue weighted by atomic mass is 35.5. The summed E-state index contributed by atoms with van der Waals surface area (Å²) >= 11 is 6.10. The summed E-state index contributed by atoms with van der Waals surface area (Å²) in [5, 5.41) is 12.7. The molecule has 0 aliphatic carbocycles. The lowest BCUT2D eigenvalue weighted by atomic mass is 10.1. The van der Waals surface area contributed by atoms with Crippen molar-refractivity contribution in [2.24, 2.45) is 0 Å². The number of hydrogen-bond acceptors (Lipinski definition) is 3. The predicted molar refractivity (Wildman–Crippen MR) is 114 cm³/mol. The molecule has 4 nitrogen and oxygen atoms in total. The molecule has 146 valence electrons. The fourth-order valence-electron chi connectivity index (χ4n) is 2.70. The highest BCUT2D eigenvalue weighted by Crippen LogP contribution is 2.26. The van der Waals surface area contributed by atoms with Crippen LogP contribution in [0.5, 0.6) is 5.75 Å². The van der Waals surface area contributed by atoms with Crippen molar-refractivity contribution < 1.29 is 9.53 Å². The van der Waals surface area contributed by atoms with Gasteiger partial charge >= 0.3 is 0 Å². The summed E-state index contributed by atoms with van der Waals surface area (Å²) in [6.45, 7) is 4.68. The van der Waals surface area contributed by atoms with E-state index in [0.717, 1.165) is 24.8 Å². The largest absolute Gasteiger partial charge is 0.493 e. The molecule has 0 fully saturated rings. The third-order valence-electron chi connectivity index (χ3n) is 4.17. The maximum absolute atomic E-state index is 12.5. The van der Waals surface area contributed by atoms with Gasteiger partial charge in [0, 0.05) is 16.3 Å². The van der Waals surface area contributed by atoms with Crippen molar-refractivity contribution >= 4 is 29.3 Å². The van der Waals surface area contributed by atoms with Gasteiger partial charge in [-0.2, -0.15) is 5.26 Å². The van der Waals surface area contributed by atoms with Gasteiger partial charge in [-0.05, 0) is 55.3 Å². The molecule has 0 aromatic heterocycles. The Balaban J connectivity index is 2.16. The van der Waals surface area contributed by atoms with Gasteiger partial charge in [0.05, 0.1) is 6.61 Å². The number of nitrogens with zero attached hydrogens (tertiary/aromatic N) is 1. The molecule has 0 atom stereocenters. The van der Waals surface area contributed by atoms with E-state index in [4.69, 9.17) is 16.3 Å². The number of aryl methyl sites for hydroxylation is 1. The number of nitrogens with one attached hydrogen (secondary N) is 1. The predicted octanol–water partition coefficient (Wildman–Crippen LogP) is 6.15. The van der Waals surface area contributed by atoms with E-state index in [1.807, 2.05) is 31.2 Å². The minimum atomic E-state index is -0.470. The van der Waals surface area contributed by atoms with Crippen LogP contribution in [0.4, 0.5) is 5.69 Å². The number of unbranched alkanes of at least 4 members (excludes halogenated alkanes) is 3. The van der Waals surface area contributed by atoms with Crippen LogP contribution in [0, 0.1) is 18.3 Å². The summed E-state index contributed by atoms with van der Waals surface area (Å²) in [7, 11) is 0. The number of hydrogen-bond donors (Lipinski definition) is 1. The van der Waals surface area contributed by atoms with Crippen molar-refractivity contribution in [1.82, 2.24) is 0 Å². The second-order valence-electron chi connectivity index (χ2n) is 6.58. The average molecular weight is 397 g/mol. The van der Waals surface area contributed by atoms with E-state index in [2.05, 4.69) is 12.2 Å². The molecular formula is C23H25ClN2O2.